The van der Waals surface area contributed by atoms with Crippen molar-refractivity contribution < 1.29 is 9.53 Å². The van der Waals surface area contributed by atoms with Gasteiger partial charge in [-0.25, -0.2) is 9.97 Å². The van der Waals surface area contributed by atoms with Gasteiger partial charge in [-0.3, -0.25) is 4.79 Å². The van der Waals surface area contributed by atoms with Crippen LogP contribution in [0.4, 0.5) is 0 Å². The molecule has 0 N–H and O–H groups in total. The van der Waals surface area contributed by atoms with E-state index in [4.69, 9.17) is 4.74 Å². The fourth-order valence-electron chi connectivity index (χ4n) is 3.80. The normalized spacial score (nSPS) is 16.2. The maximum Gasteiger partial charge on any atom is 0.258 e. The third-order valence-electron chi connectivity index (χ3n) is 5.18. The molecular formula is C23H23N3O2. The molecule has 0 radical (unpaired) electrons. The zero-order valence-electron chi connectivity index (χ0n) is 16.1. The number of aryl methyl sites for hydroxylation is 1. The third-order valence-corrected chi connectivity index (χ3v) is 5.18. The molecule has 1 aliphatic heterocycles. The highest BCUT2D eigenvalue weighted by Gasteiger charge is 2.32. The van der Waals surface area contributed by atoms with Crippen molar-refractivity contribution in [2.75, 3.05) is 13.7 Å². The largest absolute Gasteiger partial charge is 0.497 e. The molecule has 1 aromatic heterocycles. The van der Waals surface area contributed by atoms with Crippen molar-refractivity contribution in [3.63, 3.8) is 0 Å². The Kier molecular flexibility index (Phi) is 5.06. The molecule has 5 heteroatoms. The number of nitrogens with zero attached hydrogens (tertiary/aromatic N) is 3. The molecule has 0 spiro atoms. The molecule has 0 aliphatic carbocycles. The first-order valence-corrected chi connectivity index (χ1v) is 9.51. The lowest BCUT2D eigenvalue weighted by atomic mass is 10.0. The maximum atomic E-state index is 13.5. The highest BCUT2D eigenvalue weighted by Crippen LogP contribution is 2.35. The lowest BCUT2D eigenvalue weighted by Crippen LogP contribution is -2.31. The number of carbonyl (C=O) groups is 1. The summed E-state index contributed by atoms with van der Waals surface area (Å²) in [5.74, 6) is 1.44. The second-order valence-corrected chi connectivity index (χ2v) is 6.98. The van der Waals surface area contributed by atoms with E-state index in [-0.39, 0.29) is 11.9 Å². The Morgan fingerprint density at radius 3 is 2.75 bits per heavy atom. The molecule has 142 valence electrons. The Balaban J connectivity index is 1.71. The summed E-state index contributed by atoms with van der Waals surface area (Å²) in [6.45, 7) is 2.57. The zero-order valence-corrected chi connectivity index (χ0v) is 16.1. The molecule has 0 unspecified atom stereocenters. The van der Waals surface area contributed by atoms with E-state index in [0.717, 1.165) is 36.3 Å². The summed E-state index contributed by atoms with van der Waals surface area (Å²) in [5, 5.41) is 0. The zero-order chi connectivity index (χ0) is 19.5. The van der Waals surface area contributed by atoms with Crippen LogP contribution >= 0.6 is 0 Å². The quantitative estimate of drug-likeness (QED) is 0.678. The monoisotopic (exact) mass is 373 g/mol. The van der Waals surface area contributed by atoms with Crippen molar-refractivity contribution in [1.29, 1.82) is 0 Å². The van der Waals surface area contributed by atoms with Gasteiger partial charge in [-0.05, 0) is 37.5 Å². The van der Waals surface area contributed by atoms with Crippen LogP contribution in [0.15, 0.2) is 60.8 Å². The van der Waals surface area contributed by atoms with E-state index in [9.17, 15) is 4.79 Å². The molecule has 1 aliphatic rings. The van der Waals surface area contributed by atoms with E-state index in [1.54, 1.807) is 13.3 Å². The minimum atomic E-state index is -0.0239. The molecular weight excluding hydrogens is 350 g/mol. The smallest absolute Gasteiger partial charge is 0.258 e. The van der Waals surface area contributed by atoms with Crippen LogP contribution in [-0.4, -0.2) is 34.4 Å². The second-order valence-electron chi connectivity index (χ2n) is 6.98. The van der Waals surface area contributed by atoms with Gasteiger partial charge in [0.1, 0.15) is 11.6 Å². The van der Waals surface area contributed by atoms with Gasteiger partial charge in [-0.1, -0.05) is 42.5 Å². The van der Waals surface area contributed by atoms with Crippen molar-refractivity contribution in [1.82, 2.24) is 14.9 Å². The minimum absolute atomic E-state index is 0.0239. The number of ether oxygens (including phenoxy) is 1. The minimum Gasteiger partial charge on any atom is -0.497 e. The molecule has 2 aromatic carbocycles. The molecule has 1 atom stereocenters. The van der Waals surface area contributed by atoms with Crippen LogP contribution in [-0.2, 0) is 0 Å². The van der Waals surface area contributed by atoms with Crippen LogP contribution in [0.5, 0.6) is 5.75 Å². The summed E-state index contributed by atoms with van der Waals surface area (Å²) < 4.78 is 5.36. The van der Waals surface area contributed by atoms with Crippen LogP contribution in [0, 0.1) is 6.92 Å². The summed E-state index contributed by atoms with van der Waals surface area (Å²) in [5.41, 5.74) is 3.26. The predicted octanol–water partition coefficient (Wildman–Crippen LogP) is 4.44. The summed E-state index contributed by atoms with van der Waals surface area (Å²) in [6, 6.07) is 17.8. The van der Waals surface area contributed by atoms with Gasteiger partial charge in [-0.15, -0.1) is 0 Å². The highest BCUT2D eigenvalue weighted by molar-refractivity contribution is 6.00. The van der Waals surface area contributed by atoms with E-state index in [2.05, 4.69) is 16.0 Å². The van der Waals surface area contributed by atoms with E-state index in [1.165, 1.54) is 0 Å². The van der Waals surface area contributed by atoms with Crippen LogP contribution in [0.2, 0.25) is 0 Å². The number of methoxy groups -OCH3 is 1. The highest BCUT2D eigenvalue weighted by atomic mass is 16.5. The van der Waals surface area contributed by atoms with Gasteiger partial charge in [0.15, 0.2) is 0 Å². The number of hydrogen-bond donors (Lipinski definition) is 0. The predicted molar refractivity (Wildman–Crippen MR) is 108 cm³/mol. The van der Waals surface area contributed by atoms with Crippen molar-refractivity contribution in [2.45, 2.75) is 25.8 Å². The molecule has 28 heavy (non-hydrogen) atoms. The topological polar surface area (TPSA) is 55.3 Å². The molecule has 0 bridgehead atoms. The summed E-state index contributed by atoms with van der Waals surface area (Å²) in [7, 11) is 1.66. The molecule has 4 rings (SSSR count). The standard InChI is InChI=1S/C23H23N3O2/c1-16-24-15-20(22(25-16)17-8-4-3-5-9-17)23(27)26-13-7-12-21(26)18-10-6-11-19(14-18)28-2/h3-6,8-11,14-15,21H,7,12-13H2,1-2H3/t21-/m0/s1. The number of benzene rings is 2. The first kappa shape index (κ1) is 18.2. The van der Waals surface area contributed by atoms with Gasteiger partial charge >= 0.3 is 0 Å². The number of likely N-dealkylation sites (tertiary alicyclic amines) is 1. The SMILES string of the molecule is COc1cccc([C@@H]2CCCN2C(=O)c2cnc(C)nc2-c2ccccc2)c1. The third kappa shape index (κ3) is 3.48. The van der Waals surface area contributed by atoms with Crippen molar-refractivity contribution in [2.24, 2.45) is 0 Å². The average Bonchev–Trinajstić information content (AvgIpc) is 3.24. The first-order chi connectivity index (χ1) is 13.7. The van der Waals surface area contributed by atoms with Crippen molar-refractivity contribution >= 4 is 5.91 Å². The molecule has 1 fully saturated rings. The average molecular weight is 373 g/mol. The Morgan fingerprint density at radius 1 is 1.14 bits per heavy atom. The number of rotatable bonds is 4. The van der Waals surface area contributed by atoms with Gasteiger partial charge in [0.25, 0.3) is 5.91 Å². The van der Waals surface area contributed by atoms with Gasteiger partial charge < -0.3 is 9.64 Å². The first-order valence-electron chi connectivity index (χ1n) is 9.51. The van der Waals surface area contributed by atoms with Crippen molar-refractivity contribution in [3.8, 4) is 17.0 Å². The number of aromatic nitrogens is 2. The Bertz CT molecular complexity index is 988. The number of carbonyl (C=O) groups excluding carboxylic acids is 1. The van der Waals surface area contributed by atoms with Crippen molar-refractivity contribution in [3.05, 3.63) is 77.7 Å². The van der Waals surface area contributed by atoms with Gasteiger partial charge in [0.2, 0.25) is 0 Å². The second kappa shape index (κ2) is 7.80. The molecule has 1 saturated heterocycles. The number of hydrogen-bond acceptors (Lipinski definition) is 4. The van der Waals surface area contributed by atoms with Crippen LogP contribution in [0.25, 0.3) is 11.3 Å². The maximum absolute atomic E-state index is 13.5. The van der Waals surface area contributed by atoms with E-state index < -0.39 is 0 Å². The van der Waals surface area contributed by atoms with Gasteiger partial charge in [0, 0.05) is 18.3 Å². The van der Waals surface area contributed by atoms with Gasteiger partial charge in [0.05, 0.1) is 24.4 Å². The number of amides is 1. The summed E-state index contributed by atoms with van der Waals surface area (Å²) >= 11 is 0. The molecule has 5 nitrogen and oxygen atoms in total. The van der Waals surface area contributed by atoms with Gasteiger partial charge in [-0.2, -0.15) is 0 Å². The van der Waals surface area contributed by atoms with E-state index >= 15 is 0 Å². The van der Waals surface area contributed by atoms with Crippen LogP contribution < -0.4 is 4.74 Å². The lowest BCUT2D eigenvalue weighted by Gasteiger charge is -2.26. The van der Waals surface area contributed by atoms with E-state index in [0.29, 0.717) is 17.1 Å². The summed E-state index contributed by atoms with van der Waals surface area (Å²) in [4.78, 5) is 24.3. The Labute approximate surface area is 165 Å². The fourth-order valence-corrected chi connectivity index (χ4v) is 3.80. The fraction of sp³-hybridized carbons (Fsp3) is 0.261. The molecule has 1 amide bonds. The lowest BCUT2D eigenvalue weighted by molar-refractivity contribution is 0.0735. The molecule has 3 aromatic rings. The Hall–Kier alpha value is -3.21. The molecule has 2 heterocycles. The van der Waals surface area contributed by atoms with Crippen LogP contribution in [0.1, 0.15) is 40.6 Å². The van der Waals surface area contributed by atoms with E-state index in [1.807, 2.05) is 60.4 Å². The summed E-state index contributed by atoms with van der Waals surface area (Å²) in [6.07, 6.45) is 3.57. The Morgan fingerprint density at radius 2 is 1.96 bits per heavy atom. The molecule has 0 saturated carbocycles. The van der Waals surface area contributed by atoms with Crippen LogP contribution in [0.3, 0.4) is 0 Å².